The van der Waals surface area contributed by atoms with Gasteiger partial charge in [0.15, 0.2) is 0 Å². The maximum Gasteiger partial charge on any atom is 0.410 e. The minimum atomic E-state index is -0.299. The third-order valence-corrected chi connectivity index (χ3v) is 5.87. The van der Waals surface area contributed by atoms with Gasteiger partial charge < -0.3 is 19.6 Å². The number of likely N-dealkylation sites (tertiary alicyclic amines) is 1. The van der Waals surface area contributed by atoms with Crippen molar-refractivity contribution in [3.63, 3.8) is 0 Å². The van der Waals surface area contributed by atoms with Crippen LogP contribution in [0.25, 0.3) is 11.1 Å². The van der Waals surface area contributed by atoms with E-state index in [-0.39, 0.29) is 18.3 Å². The molecular weight excluding hydrogens is 392 g/mol. The fraction of sp³-hybridized carbons (Fsp3) is 0.476. The third kappa shape index (κ3) is 4.79. The van der Waals surface area contributed by atoms with Crippen LogP contribution in [0.3, 0.4) is 0 Å². The highest BCUT2D eigenvalue weighted by Gasteiger charge is 2.28. The Morgan fingerprint density at radius 3 is 2.34 bits per heavy atom. The molecule has 0 unspecified atom stereocenters. The Morgan fingerprint density at radius 1 is 1.03 bits per heavy atom. The first-order valence-corrected chi connectivity index (χ1v) is 10.4. The first-order valence-electron chi connectivity index (χ1n) is 10.1. The third-order valence-electron chi connectivity index (χ3n) is 5.54. The number of hydrogen-bond acceptors (Lipinski definition) is 6. The number of benzene rings is 1. The van der Waals surface area contributed by atoms with Crippen LogP contribution in [-0.2, 0) is 4.74 Å². The summed E-state index contributed by atoms with van der Waals surface area (Å²) in [5.74, 6) is 0.676. The summed E-state index contributed by atoms with van der Waals surface area (Å²) in [4.78, 5) is 25.1. The van der Waals surface area contributed by atoms with Gasteiger partial charge in [-0.05, 0) is 18.9 Å². The van der Waals surface area contributed by atoms with Crippen LogP contribution in [0.4, 0.5) is 10.7 Å². The predicted molar refractivity (Wildman–Crippen MR) is 111 cm³/mol. The topological polar surface area (TPSA) is 78.8 Å². The Hall–Kier alpha value is -2.38. The van der Waals surface area contributed by atoms with Crippen molar-refractivity contribution >= 4 is 23.6 Å². The molecule has 1 aromatic carbocycles. The molecule has 7 nitrogen and oxygen atoms in total. The van der Waals surface area contributed by atoms with Crippen LogP contribution in [0.15, 0.2) is 36.7 Å². The zero-order chi connectivity index (χ0) is 20.2. The van der Waals surface area contributed by atoms with Crippen LogP contribution in [0.1, 0.15) is 25.7 Å². The molecule has 2 aliphatic rings. The molecule has 0 saturated carbocycles. The molecular formula is C21H25ClN4O3. The second-order valence-electron chi connectivity index (χ2n) is 7.54. The van der Waals surface area contributed by atoms with Crippen molar-refractivity contribution in [1.29, 1.82) is 0 Å². The highest BCUT2D eigenvalue weighted by molar-refractivity contribution is 6.33. The van der Waals surface area contributed by atoms with Gasteiger partial charge in [0.1, 0.15) is 6.10 Å². The van der Waals surface area contributed by atoms with Gasteiger partial charge in [-0.15, -0.1) is 0 Å². The molecule has 0 radical (unpaired) electrons. The molecule has 1 amide bonds. The van der Waals surface area contributed by atoms with Crippen molar-refractivity contribution in [1.82, 2.24) is 14.9 Å². The molecule has 2 aliphatic heterocycles. The number of ether oxygens (including phenoxy) is 1. The average molecular weight is 417 g/mol. The summed E-state index contributed by atoms with van der Waals surface area (Å²) in [6.07, 6.45) is 5.66. The van der Waals surface area contributed by atoms with Crippen LogP contribution in [0.2, 0.25) is 5.02 Å². The molecule has 2 saturated heterocycles. The lowest BCUT2D eigenvalue weighted by molar-refractivity contribution is 0.0303. The second kappa shape index (κ2) is 8.97. The van der Waals surface area contributed by atoms with Gasteiger partial charge in [0.2, 0.25) is 5.95 Å². The standard InChI is InChI=1S/C21H25ClN4O3/c22-19-4-2-1-3-18(19)15-13-23-20(24-14-15)25-11-7-17(8-12-25)29-21(28)26-9-5-16(27)6-10-26/h1-4,13-14,16-17,27H,5-12H2. The molecule has 1 N–H and O–H groups in total. The molecule has 4 rings (SSSR count). The van der Waals surface area contributed by atoms with E-state index in [4.69, 9.17) is 16.3 Å². The summed E-state index contributed by atoms with van der Waals surface area (Å²) in [5, 5.41) is 10.2. The molecule has 0 atom stereocenters. The monoisotopic (exact) mass is 416 g/mol. The predicted octanol–water partition coefficient (Wildman–Crippen LogP) is 3.36. The molecule has 29 heavy (non-hydrogen) atoms. The average Bonchev–Trinajstić information content (AvgIpc) is 2.75. The van der Waals surface area contributed by atoms with Crippen molar-refractivity contribution in [2.75, 3.05) is 31.1 Å². The summed E-state index contributed by atoms with van der Waals surface area (Å²) in [7, 11) is 0. The molecule has 0 aliphatic carbocycles. The van der Waals surface area contributed by atoms with Gasteiger partial charge in [-0.1, -0.05) is 29.8 Å². The minimum absolute atomic E-state index is 0.0898. The van der Waals surface area contributed by atoms with Crippen LogP contribution in [-0.4, -0.2) is 64.5 Å². The van der Waals surface area contributed by atoms with Crippen LogP contribution < -0.4 is 4.90 Å². The van der Waals surface area contributed by atoms with E-state index in [1.165, 1.54) is 0 Å². The molecule has 154 valence electrons. The van der Waals surface area contributed by atoms with Gasteiger partial charge in [0, 0.05) is 67.6 Å². The van der Waals surface area contributed by atoms with Crippen molar-refractivity contribution in [3.05, 3.63) is 41.7 Å². The van der Waals surface area contributed by atoms with Crippen molar-refractivity contribution in [3.8, 4) is 11.1 Å². The van der Waals surface area contributed by atoms with Gasteiger partial charge in [-0.2, -0.15) is 0 Å². The highest BCUT2D eigenvalue weighted by atomic mass is 35.5. The van der Waals surface area contributed by atoms with Gasteiger partial charge in [-0.25, -0.2) is 14.8 Å². The number of hydrogen-bond donors (Lipinski definition) is 1. The Balaban J connectivity index is 1.29. The molecule has 0 bridgehead atoms. The molecule has 0 spiro atoms. The number of piperidine rings is 2. The number of carbonyl (C=O) groups is 1. The fourth-order valence-corrected chi connectivity index (χ4v) is 4.00. The maximum atomic E-state index is 12.3. The largest absolute Gasteiger partial charge is 0.446 e. The first kappa shape index (κ1) is 19.9. The fourth-order valence-electron chi connectivity index (χ4n) is 3.76. The second-order valence-corrected chi connectivity index (χ2v) is 7.95. The van der Waals surface area contributed by atoms with E-state index in [0.29, 0.717) is 36.9 Å². The van der Waals surface area contributed by atoms with E-state index in [0.717, 1.165) is 37.1 Å². The molecule has 1 aromatic heterocycles. The summed E-state index contributed by atoms with van der Waals surface area (Å²) in [6, 6.07) is 7.63. The number of aliphatic hydroxyl groups excluding tert-OH is 1. The summed E-state index contributed by atoms with van der Waals surface area (Å²) >= 11 is 6.24. The Morgan fingerprint density at radius 2 is 1.69 bits per heavy atom. The van der Waals surface area contributed by atoms with Crippen LogP contribution in [0, 0.1) is 0 Å². The lowest BCUT2D eigenvalue weighted by Gasteiger charge is -2.34. The molecule has 8 heteroatoms. The number of anilines is 1. The Kier molecular flexibility index (Phi) is 6.16. The number of aromatic nitrogens is 2. The zero-order valence-electron chi connectivity index (χ0n) is 16.2. The van der Waals surface area contributed by atoms with E-state index >= 15 is 0 Å². The van der Waals surface area contributed by atoms with Gasteiger partial charge in [0.25, 0.3) is 0 Å². The zero-order valence-corrected chi connectivity index (χ0v) is 17.0. The number of halogens is 1. The minimum Gasteiger partial charge on any atom is -0.446 e. The number of carbonyl (C=O) groups excluding carboxylic acids is 1. The Bertz CT molecular complexity index is 832. The van der Waals surface area contributed by atoms with E-state index in [1.54, 1.807) is 17.3 Å². The summed E-state index contributed by atoms with van der Waals surface area (Å²) in [5.41, 5.74) is 1.80. The van der Waals surface area contributed by atoms with Crippen molar-refractivity contribution < 1.29 is 14.6 Å². The van der Waals surface area contributed by atoms with Crippen LogP contribution >= 0.6 is 11.6 Å². The van der Waals surface area contributed by atoms with Gasteiger partial charge >= 0.3 is 6.09 Å². The van der Waals surface area contributed by atoms with E-state index in [1.807, 2.05) is 24.3 Å². The van der Waals surface area contributed by atoms with Crippen molar-refractivity contribution in [2.45, 2.75) is 37.9 Å². The molecule has 2 fully saturated rings. The number of amides is 1. The lowest BCUT2D eigenvalue weighted by Crippen LogP contribution is -2.44. The number of nitrogens with zero attached hydrogens (tertiary/aromatic N) is 4. The summed E-state index contributed by atoms with van der Waals surface area (Å²) in [6.45, 7) is 2.60. The smallest absolute Gasteiger partial charge is 0.410 e. The molecule has 3 heterocycles. The van der Waals surface area contributed by atoms with Crippen LogP contribution in [0.5, 0.6) is 0 Å². The normalized spacial score (nSPS) is 18.7. The maximum absolute atomic E-state index is 12.3. The van der Waals surface area contributed by atoms with E-state index < -0.39 is 0 Å². The highest BCUT2D eigenvalue weighted by Crippen LogP contribution is 2.27. The SMILES string of the molecule is O=C(OC1CCN(c2ncc(-c3ccccc3Cl)cn2)CC1)N1CCC(O)CC1. The first-order chi connectivity index (χ1) is 14.1. The van der Waals surface area contributed by atoms with Gasteiger partial charge in [-0.3, -0.25) is 0 Å². The molecule has 2 aromatic rings. The van der Waals surface area contributed by atoms with Crippen molar-refractivity contribution in [2.24, 2.45) is 0 Å². The Labute approximate surface area is 175 Å². The van der Waals surface area contributed by atoms with E-state index in [2.05, 4.69) is 14.9 Å². The summed E-state index contributed by atoms with van der Waals surface area (Å²) < 4.78 is 5.66. The quantitative estimate of drug-likeness (QED) is 0.826. The van der Waals surface area contributed by atoms with Gasteiger partial charge in [0.05, 0.1) is 6.10 Å². The number of rotatable bonds is 3. The van der Waals surface area contributed by atoms with E-state index in [9.17, 15) is 9.90 Å². The lowest BCUT2D eigenvalue weighted by atomic mass is 10.1. The number of aliphatic hydroxyl groups is 1.